The van der Waals surface area contributed by atoms with Gasteiger partial charge in [0.15, 0.2) is 5.16 Å². The molecule has 0 saturated carbocycles. The largest absolute Gasteiger partial charge is 0.425 e. The van der Waals surface area contributed by atoms with Crippen LogP contribution >= 0.6 is 23.1 Å². The maximum atomic E-state index is 13.5. The third-order valence-corrected chi connectivity index (χ3v) is 6.50. The van der Waals surface area contributed by atoms with Crippen LogP contribution in [0.2, 0.25) is 0 Å². The predicted molar refractivity (Wildman–Crippen MR) is 119 cm³/mol. The molecule has 0 atom stereocenters. The summed E-state index contributed by atoms with van der Waals surface area (Å²) < 4.78 is 7.13. The molecule has 30 heavy (non-hydrogen) atoms. The van der Waals surface area contributed by atoms with Crippen LogP contribution in [0.5, 0.6) is 0 Å². The van der Waals surface area contributed by atoms with E-state index in [1.807, 2.05) is 66.7 Å². The highest BCUT2D eigenvalue weighted by molar-refractivity contribution is 7.98. The number of aromatic nitrogens is 4. The van der Waals surface area contributed by atoms with Crippen molar-refractivity contribution in [3.05, 3.63) is 88.9 Å². The average molecular weight is 433 g/mol. The molecule has 5 rings (SSSR count). The zero-order valence-electron chi connectivity index (χ0n) is 16.0. The van der Waals surface area contributed by atoms with E-state index in [0.717, 1.165) is 21.0 Å². The summed E-state index contributed by atoms with van der Waals surface area (Å²) in [4.78, 5) is 20.0. The number of hydrogen-bond acceptors (Lipinski definition) is 7. The molecule has 5 aromatic rings. The predicted octanol–water partition coefficient (Wildman–Crippen LogP) is 5.10. The summed E-state index contributed by atoms with van der Waals surface area (Å²) in [6.07, 6.45) is 0. The van der Waals surface area contributed by atoms with Crippen LogP contribution in [0.3, 0.4) is 0 Å². The minimum Gasteiger partial charge on any atom is -0.425 e. The molecule has 0 fully saturated rings. The van der Waals surface area contributed by atoms with Crippen molar-refractivity contribution in [2.75, 3.05) is 0 Å². The van der Waals surface area contributed by atoms with Gasteiger partial charge in [0.1, 0.15) is 4.83 Å². The Morgan fingerprint density at radius 1 is 1.03 bits per heavy atom. The van der Waals surface area contributed by atoms with Gasteiger partial charge in [-0.1, -0.05) is 60.3 Å². The van der Waals surface area contributed by atoms with Gasteiger partial charge in [-0.2, -0.15) is 0 Å². The van der Waals surface area contributed by atoms with Crippen LogP contribution in [0, 0.1) is 6.92 Å². The van der Waals surface area contributed by atoms with Crippen LogP contribution in [0.25, 0.3) is 26.3 Å². The molecule has 3 aromatic heterocycles. The van der Waals surface area contributed by atoms with E-state index in [1.54, 1.807) is 11.5 Å². The third kappa shape index (κ3) is 3.55. The van der Waals surface area contributed by atoms with Crippen molar-refractivity contribution < 1.29 is 4.42 Å². The Kier molecular flexibility index (Phi) is 4.94. The van der Waals surface area contributed by atoms with Crippen molar-refractivity contribution in [3.8, 4) is 16.1 Å². The zero-order valence-corrected chi connectivity index (χ0v) is 17.6. The summed E-state index contributed by atoms with van der Waals surface area (Å²) in [5.41, 5.74) is 1.75. The van der Waals surface area contributed by atoms with Crippen LogP contribution in [0.15, 0.2) is 81.1 Å². The zero-order chi connectivity index (χ0) is 20.5. The fourth-order valence-corrected chi connectivity index (χ4v) is 5.06. The van der Waals surface area contributed by atoms with Gasteiger partial charge in [-0.15, -0.1) is 21.5 Å². The quantitative estimate of drug-likeness (QED) is 0.284. The standard InChI is InChI=1S/C22H16N4O2S2/c1-14-24-25-19(28-14)13-29-22-23-20-17(12-18(30-20)15-8-4-2-5-9-15)21(27)26(22)16-10-6-3-7-11-16/h2-12H,13H2,1H3. The first-order valence-electron chi connectivity index (χ1n) is 9.28. The van der Waals surface area contributed by atoms with Crippen molar-refractivity contribution in [2.24, 2.45) is 0 Å². The molecule has 148 valence electrons. The van der Waals surface area contributed by atoms with Gasteiger partial charge in [0.2, 0.25) is 11.8 Å². The number of thioether (sulfide) groups is 1. The van der Waals surface area contributed by atoms with E-state index >= 15 is 0 Å². The SMILES string of the molecule is Cc1nnc(CSc2nc3sc(-c4ccccc4)cc3c(=O)n2-c2ccccc2)o1. The maximum absolute atomic E-state index is 13.5. The van der Waals surface area contributed by atoms with E-state index < -0.39 is 0 Å². The van der Waals surface area contributed by atoms with E-state index in [4.69, 9.17) is 9.40 Å². The molecule has 0 aliphatic carbocycles. The van der Waals surface area contributed by atoms with E-state index in [2.05, 4.69) is 10.2 Å². The lowest BCUT2D eigenvalue weighted by molar-refractivity contribution is 0.485. The van der Waals surface area contributed by atoms with E-state index in [-0.39, 0.29) is 5.56 Å². The Hall–Kier alpha value is -3.23. The molecular weight excluding hydrogens is 416 g/mol. The van der Waals surface area contributed by atoms with Gasteiger partial charge < -0.3 is 4.42 Å². The van der Waals surface area contributed by atoms with Crippen LogP contribution in [-0.4, -0.2) is 19.7 Å². The van der Waals surface area contributed by atoms with Crippen LogP contribution in [-0.2, 0) is 5.75 Å². The van der Waals surface area contributed by atoms with Gasteiger partial charge in [-0.05, 0) is 23.8 Å². The Morgan fingerprint density at radius 2 is 1.77 bits per heavy atom. The first kappa shape index (κ1) is 18.8. The summed E-state index contributed by atoms with van der Waals surface area (Å²) in [7, 11) is 0. The highest BCUT2D eigenvalue weighted by Gasteiger charge is 2.17. The molecule has 3 heterocycles. The first-order chi connectivity index (χ1) is 14.7. The van der Waals surface area contributed by atoms with Crippen molar-refractivity contribution in [3.63, 3.8) is 0 Å². The number of hydrogen-bond donors (Lipinski definition) is 0. The van der Waals surface area contributed by atoms with Gasteiger partial charge >= 0.3 is 0 Å². The van der Waals surface area contributed by atoms with E-state index in [0.29, 0.717) is 28.1 Å². The lowest BCUT2D eigenvalue weighted by Gasteiger charge is -2.11. The van der Waals surface area contributed by atoms with Gasteiger partial charge in [0.25, 0.3) is 5.56 Å². The van der Waals surface area contributed by atoms with Crippen molar-refractivity contribution >= 4 is 33.3 Å². The van der Waals surface area contributed by atoms with Gasteiger partial charge in [-0.25, -0.2) is 4.98 Å². The molecule has 0 spiro atoms. The smallest absolute Gasteiger partial charge is 0.267 e. The van der Waals surface area contributed by atoms with Crippen molar-refractivity contribution in [1.29, 1.82) is 0 Å². The monoisotopic (exact) mass is 432 g/mol. The third-order valence-electron chi connectivity index (χ3n) is 4.50. The molecule has 0 bridgehead atoms. The van der Waals surface area contributed by atoms with Crippen LogP contribution in [0.1, 0.15) is 11.8 Å². The van der Waals surface area contributed by atoms with Gasteiger partial charge in [0, 0.05) is 11.8 Å². The fraction of sp³-hybridized carbons (Fsp3) is 0.0909. The second kappa shape index (κ2) is 7.89. The summed E-state index contributed by atoms with van der Waals surface area (Å²) in [6, 6.07) is 21.5. The maximum Gasteiger partial charge on any atom is 0.267 e. The number of aryl methyl sites for hydroxylation is 1. The number of fused-ring (bicyclic) bond motifs is 1. The topological polar surface area (TPSA) is 73.8 Å². The summed E-state index contributed by atoms with van der Waals surface area (Å²) in [5.74, 6) is 1.45. The van der Waals surface area contributed by atoms with Crippen molar-refractivity contribution in [2.45, 2.75) is 17.8 Å². The molecule has 2 aromatic carbocycles. The highest BCUT2D eigenvalue weighted by Crippen LogP contribution is 2.33. The average Bonchev–Trinajstić information content (AvgIpc) is 3.40. The Balaban J connectivity index is 1.65. The van der Waals surface area contributed by atoms with E-state index in [1.165, 1.54) is 23.1 Å². The fourth-order valence-electron chi connectivity index (χ4n) is 3.13. The second-order valence-electron chi connectivity index (χ2n) is 6.57. The Morgan fingerprint density at radius 3 is 2.47 bits per heavy atom. The summed E-state index contributed by atoms with van der Waals surface area (Å²) in [6.45, 7) is 1.75. The Labute approximate surface area is 180 Å². The molecule has 0 radical (unpaired) electrons. The number of para-hydroxylation sites is 1. The Bertz CT molecular complexity index is 1380. The normalized spacial score (nSPS) is 11.2. The van der Waals surface area contributed by atoms with E-state index in [9.17, 15) is 4.79 Å². The number of nitrogens with zero attached hydrogens (tertiary/aromatic N) is 4. The van der Waals surface area contributed by atoms with Crippen molar-refractivity contribution in [1.82, 2.24) is 19.7 Å². The first-order valence-corrected chi connectivity index (χ1v) is 11.1. The summed E-state index contributed by atoms with van der Waals surface area (Å²) >= 11 is 2.92. The van der Waals surface area contributed by atoms with Crippen LogP contribution < -0.4 is 5.56 Å². The lowest BCUT2D eigenvalue weighted by Crippen LogP contribution is -2.21. The number of rotatable bonds is 5. The van der Waals surface area contributed by atoms with Gasteiger partial charge in [-0.3, -0.25) is 9.36 Å². The van der Waals surface area contributed by atoms with Crippen LogP contribution in [0.4, 0.5) is 0 Å². The molecule has 6 nitrogen and oxygen atoms in total. The second-order valence-corrected chi connectivity index (χ2v) is 8.54. The molecule has 0 N–H and O–H groups in total. The molecule has 0 aliphatic rings. The molecular formula is C22H16N4O2S2. The lowest BCUT2D eigenvalue weighted by atomic mass is 10.2. The minimum atomic E-state index is -0.0890. The molecule has 0 amide bonds. The van der Waals surface area contributed by atoms with Gasteiger partial charge in [0.05, 0.1) is 16.8 Å². The highest BCUT2D eigenvalue weighted by atomic mass is 32.2. The molecule has 8 heteroatoms. The molecule has 0 unspecified atom stereocenters. The number of benzene rings is 2. The molecule has 0 saturated heterocycles. The molecule has 0 aliphatic heterocycles. The number of thiophene rings is 1. The summed E-state index contributed by atoms with van der Waals surface area (Å²) in [5, 5.41) is 9.11. The minimum absolute atomic E-state index is 0.0890.